The van der Waals surface area contributed by atoms with Crippen molar-refractivity contribution in [3.8, 4) is 0 Å². The van der Waals surface area contributed by atoms with Crippen molar-refractivity contribution in [1.82, 2.24) is 23.6 Å². The first kappa shape index (κ1) is 16.5. The normalized spacial score (nSPS) is 18.3. The van der Waals surface area contributed by atoms with Crippen LogP contribution in [0.1, 0.15) is 26.2 Å². The molecular formula is C16H23N5O3. The minimum Gasteiger partial charge on any atom is -0.341 e. The number of amides is 1. The molecule has 130 valence electrons. The van der Waals surface area contributed by atoms with Crippen LogP contribution in [0.5, 0.6) is 0 Å². The second-order valence-electron chi connectivity index (χ2n) is 6.51. The van der Waals surface area contributed by atoms with Crippen LogP contribution in [0.15, 0.2) is 15.9 Å². The molecule has 0 aliphatic carbocycles. The van der Waals surface area contributed by atoms with Gasteiger partial charge in [0.2, 0.25) is 5.91 Å². The van der Waals surface area contributed by atoms with Gasteiger partial charge in [0.15, 0.2) is 11.2 Å². The van der Waals surface area contributed by atoms with E-state index in [1.165, 1.54) is 17.9 Å². The SMILES string of the molecule is CCC1CCCN(C(=O)Cn2cnc3c2c(=O)n(C)c(=O)n3C)C1. The van der Waals surface area contributed by atoms with Gasteiger partial charge in [0, 0.05) is 27.2 Å². The van der Waals surface area contributed by atoms with Crippen LogP contribution in [0.3, 0.4) is 0 Å². The molecule has 1 atom stereocenters. The minimum atomic E-state index is -0.427. The largest absolute Gasteiger partial charge is 0.341 e. The Morgan fingerprint density at radius 3 is 2.75 bits per heavy atom. The number of imidazole rings is 1. The molecule has 8 nitrogen and oxygen atoms in total. The summed E-state index contributed by atoms with van der Waals surface area (Å²) in [6.45, 7) is 3.75. The summed E-state index contributed by atoms with van der Waals surface area (Å²) in [5.74, 6) is 0.541. The van der Waals surface area contributed by atoms with Crippen LogP contribution >= 0.6 is 0 Å². The van der Waals surface area contributed by atoms with Gasteiger partial charge < -0.3 is 9.47 Å². The van der Waals surface area contributed by atoms with E-state index in [0.29, 0.717) is 11.6 Å². The second kappa shape index (κ2) is 6.26. The van der Waals surface area contributed by atoms with Crippen LogP contribution in [0.4, 0.5) is 0 Å². The number of hydrogen-bond acceptors (Lipinski definition) is 4. The highest BCUT2D eigenvalue weighted by atomic mass is 16.2. The third-order valence-corrected chi connectivity index (χ3v) is 4.97. The van der Waals surface area contributed by atoms with Gasteiger partial charge in [-0.15, -0.1) is 0 Å². The van der Waals surface area contributed by atoms with Crippen LogP contribution in [-0.2, 0) is 25.4 Å². The van der Waals surface area contributed by atoms with Gasteiger partial charge in [-0.05, 0) is 18.8 Å². The average Bonchev–Trinajstić information content (AvgIpc) is 3.01. The van der Waals surface area contributed by atoms with Gasteiger partial charge in [-0.3, -0.25) is 18.7 Å². The lowest BCUT2D eigenvalue weighted by Crippen LogP contribution is -2.42. The number of carbonyl (C=O) groups is 1. The van der Waals surface area contributed by atoms with Crippen molar-refractivity contribution < 1.29 is 4.79 Å². The molecule has 1 fully saturated rings. The van der Waals surface area contributed by atoms with Crippen LogP contribution < -0.4 is 11.2 Å². The smallest absolute Gasteiger partial charge is 0.332 e. The Morgan fingerprint density at radius 1 is 1.29 bits per heavy atom. The van der Waals surface area contributed by atoms with Gasteiger partial charge in [-0.1, -0.05) is 13.3 Å². The zero-order valence-electron chi connectivity index (χ0n) is 14.4. The van der Waals surface area contributed by atoms with Crippen molar-refractivity contribution in [1.29, 1.82) is 0 Å². The first-order chi connectivity index (χ1) is 11.4. The van der Waals surface area contributed by atoms with E-state index >= 15 is 0 Å². The van der Waals surface area contributed by atoms with E-state index < -0.39 is 11.2 Å². The maximum atomic E-state index is 12.6. The van der Waals surface area contributed by atoms with E-state index in [2.05, 4.69) is 11.9 Å². The summed E-state index contributed by atoms with van der Waals surface area (Å²) in [5, 5.41) is 0. The van der Waals surface area contributed by atoms with Gasteiger partial charge in [-0.25, -0.2) is 9.78 Å². The van der Waals surface area contributed by atoms with Crippen molar-refractivity contribution in [2.75, 3.05) is 13.1 Å². The minimum absolute atomic E-state index is 0.0108. The number of rotatable bonds is 3. The Bertz CT molecular complexity index is 891. The molecule has 1 aliphatic heterocycles. The number of piperidine rings is 1. The van der Waals surface area contributed by atoms with Crippen molar-refractivity contribution in [2.45, 2.75) is 32.7 Å². The quantitative estimate of drug-likeness (QED) is 0.797. The molecule has 0 radical (unpaired) electrons. The molecule has 1 unspecified atom stereocenters. The lowest BCUT2D eigenvalue weighted by molar-refractivity contribution is -0.133. The number of fused-ring (bicyclic) bond motifs is 1. The molecule has 0 N–H and O–H groups in total. The first-order valence-corrected chi connectivity index (χ1v) is 8.32. The molecule has 24 heavy (non-hydrogen) atoms. The van der Waals surface area contributed by atoms with Gasteiger partial charge in [0.25, 0.3) is 5.56 Å². The number of aryl methyl sites for hydroxylation is 1. The Labute approximate surface area is 139 Å². The predicted octanol–water partition coefficient (Wildman–Crippen LogP) is 0.0823. The van der Waals surface area contributed by atoms with Crippen molar-refractivity contribution in [3.05, 3.63) is 27.2 Å². The highest BCUT2D eigenvalue weighted by Gasteiger charge is 2.24. The molecule has 8 heteroatoms. The summed E-state index contributed by atoms with van der Waals surface area (Å²) in [6, 6.07) is 0. The fourth-order valence-corrected chi connectivity index (χ4v) is 3.39. The Morgan fingerprint density at radius 2 is 2.04 bits per heavy atom. The molecule has 2 aromatic heterocycles. The van der Waals surface area contributed by atoms with Gasteiger partial charge in [0.05, 0.1) is 6.33 Å². The molecular weight excluding hydrogens is 310 g/mol. The molecule has 0 aromatic carbocycles. The maximum absolute atomic E-state index is 12.6. The van der Waals surface area contributed by atoms with Gasteiger partial charge >= 0.3 is 5.69 Å². The Balaban J connectivity index is 1.92. The number of likely N-dealkylation sites (tertiary alicyclic amines) is 1. The highest BCUT2D eigenvalue weighted by Crippen LogP contribution is 2.19. The van der Waals surface area contributed by atoms with Crippen LogP contribution in [-0.4, -0.2) is 42.6 Å². The topological polar surface area (TPSA) is 82.1 Å². The maximum Gasteiger partial charge on any atom is 0.332 e. The number of aromatic nitrogens is 4. The van der Waals surface area contributed by atoms with E-state index in [0.717, 1.165) is 36.9 Å². The predicted molar refractivity (Wildman–Crippen MR) is 89.8 cm³/mol. The molecule has 1 saturated heterocycles. The third kappa shape index (κ3) is 2.65. The molecule has 1 amide bonds. The first-order valence-electron chi connectivity index (χ1n) is 8.32. The van der Waals surface area contributed by atoms with Crippen molar-refractivity contribution in [3.63, 3.8) is 0 Å². The zero-order chi connectivity index (χ0) is 17.4. The van der Waals surface area contributed by atoms with Crippen molar-refractivity contribution in [2.24, 2.45) is 20.0 Å². The molecule has 3 heterocycles. The van der Waals surface area contributed by atoms with Crippen LogP contribution in [0.25, 0.3) is 11.2 Å². The van der Waals surface area contributed by atoms with E-state index in [4.69, 9.17) is 0 Å². The lowest BCUT2D eigenvalue weighted by Gasteiger charge is -2.32. The second-order valence-corrected chi connectivity index (χ2v) is 6.51. The van der Waals surface area contributed by atoms with E-state index in [9.17, 15) is 14.4 Å². The van der Waals surface area contributed by atoms with E-state index in [-0.39, 0.29) is 18.0 Å². The molecule has 1 aliphatic rings. The highest BCUT2D eigenvalue weighted by molar-refractivity contribution is 5.79. The zero-order valence-corrected chi connectivity index (χ0v) is 14.4. The standard InChI is InChI=1S/C16H23N5O3/c1-4-11-6-5-7-20(8-11)12(22)9-21-10-17-14-13(21)15(23)19(3)16(24)18(14)2/h10-11H,4-9H2,1-3H3. The monoisotopic (exact) mass is 333 g/mol. The summed E-state index contributed by atoms with van der Waals surface area (Å²) >= 11 is 0. The van der Waals surface area contributed by atoms with Gasteiger partial charge in [-0.2, -0.15) is 0 Å². The molecule has 0 spiro atoms. The summed E-state index contributed by atoms with van der Waals surface area (Å²) in [5.41, 5.74) is -0.257. The summed E-state index contributed by atoms with van der Waals surface area (Å²) < 4.78 is 3.92. The van der Waals surface area contributed by atoms with Crippen molar-refractivity contribution >= 4 is 17.1 Å². The number of nitrogens with zero attached hydrogens (tertiary/aromatic N) is 5. The van der Waals surface area contributed by atoms with Crippen LogP contribution in [0, 0.1) is 5.92 Å². The summed E-state index contributed by atoms with van der Waals surface area (Å²) in [7, 11) is 3.00. The Kier molecular flexibility index (Phi) is 4.29. The fraction of sp³-hybridized carbons (Fsp3) is 0.625. The lowest BCUT2D eigenvalue weighted by atomic mass is 9.96. The fourth-order valence-electron chi connectivity index (χ4n) is 3.39. The number of hydrogen-bond donors (Lipinski definition) is 0. The Hall–Kier alpha value is -2.38. The number of carbonyl (C=O) groups excluding carboxylic acids is 1. The average molecular weight is 333 g/mol. The molecule has 3 rings (SSSR count). The van der Waals surface area contributed by atoms with Crippen LogP contribution in [0.2, 0.25) is 0 Å². The third-order valence-electron chi connectivity index (χ3n) is 4.97. The molecule has 2 aromatic rings. The summed E-state index contributed by atoms with van der Waals surface area (Å²) in [4.78, 5) is 43.0. The molecule has 0 bridgehead atoms. The summed E-state index contributed by atoms with van der Waals surface area (Å²) in [6.07, 6.45) is 4.72. The van der Waals surface area contributed by atoms with E-state index in [1.54, 1.807) is 11.6 Å². The van der Waals surface area contributed by atoms with E-state index in [1.807, 2.05) is 4.90 Å². The molecule has 0 saturated carbocycles. The van der Waals surface area contributed by atoms with Gasteiger partial charge in [0.1, 0.15) is 6.54 Å².